The standard InChI is InChI=1S/C21H25NO3/c1-2-16-8-10-18(11-9-16)15-20(23)22-19(12-13-21(24)25)14-17-6-4-3-5-7-17/h3-11,19H,2,12-15H2,1H3,(H,22,23)(H,24,25). The van der Waals surface area contributed by atoms with Gasteiger partial charge in [0.1, 0.15) is 0 Å². The molecule has 2 rings (SSSR count). The van der Waals surface area contributed by atoms with Crippen LogP contribution in [-0.2, 0) is 28.9 Å². The predicted octanol–water partition coefficient (Wildman–Crippen LogP) is 3.38. The smallest absolute Gasteiger partial charge is 0.303 e. The van der Waals surface area contributed by atoms with Gasteiger partial charge in [-0.05, 0) is 36.0 Å². The number of benzene rings is 2. The van der Waals surface area contributed by atoms with Gasteiger partial charge in [-0.25, -0.2) is 0 Å². The Hall–Kier alpha value is -2.62. The van der Waals surface area contributed by atoms with Crippen LogP contribution in [0.15, 0.2) is 54.6 Å². The van der Waals surface area contributed by atoms with Gasteiger partial charge in [-0.2, -0.15) is 0 Å². The number of hydrogen-bond donors (Lipinski definition) is 2. The third-order valence-corrected chi connectivity index (χ3v) is 4.19. The highest BCUT2D eigenvalue weighted by Gasteiger charge is 2.15. The SMILES string of the molecule is CCc1ccc(CC(=O)NC(CCC(=O)O)Cc2ccccc2)cc1. The average molecular weight is 339 g/mol. The van der Waals surface area contributed by atoms with Crippen LogP contribution in [-0.4, -0.2) is 23.0 Å². The summed E-state index contributed by atoms with van der Waals surface area (Å²) in [6.07, 6.45) is 2.38. The van der Waals surface area contributed by atoms with Crippen molar-refractivity contribution in [3.05, 3.63) is 71.3 Å². The zero-order valence-corrected chi connectivity index (χ0v) is 14.6. The number of nitrogens with one attached hydrogen (secondary N) is 1. The Balaban J connectivity index is 1.95. The lowest BCUT2D eigenvalue weighted by Gasteiger charge is -2.18. The van der Waals surface area contributed by atoms with E-state index in [-0.39, 0.29) is 18.4 Å². The number of carboxylic acid groups (broad SMARTS) is 1. The van der Waals surface area contributed by atoms with Crippen molar-refractivity contribution in [2.24, 2.45) is 0 Å². The maximum atomic E-state index is 12.4. The first-order valence-electron chi connectivity index (χ1n) is 8.69. The fourth-order valence-electron chi connectivity index (χ4n) is 2.78. The molecule has 0 spiro atoms. The third-order valence-electron chi connectivity index (χ3n) is 4.19. The van der Waals surface area contributed by atoms with E-state index < -0.39 is 5.97 Å². The molecule has 4 nitrogen and oxygen atoms in total. The summed E-state index contributed by atoms with van der Waals surface area (Å²) in [4.78, 5) is 23.2. The second-order valence-electron chi connectivity index (χ2n) is 6.23. The number of carboxylic acids is 1. The Morgan fingerprint density at radius 3 is 2.20 bits per heavy atom. The molecule has 0 bridgehead atoms. The summed E-state index contributed by atoms with van der Waals surface area (Å²) in [7, 11) is 0. The molecule has 0 aromatic heterocycles. The highest BCUT2D eigenvalue weighted by molar-refractivity contribution is 5.79. The number of rotatable bonds is 9. The summed E-state index contributed by atoms with van der Waals surface area (Å²) in [6, 6.07) is 17.6. The van der Waals surface area contributed by atoms with Crippen molar-refractivity contribution >= 4 is 11.9 Å². The summed E-state index contributed by atoms with van der Waals surface area (Å²) in [5.74, 6) is -0.918. The number of carbonyl (C=O) groups excluding carboxylic acids is 1. The quantitative estimate of drug-likeness (QED) is 0.736. The molecule has 4 heteroatoms. The van der Waals surface area contributed by atoms with Crippen LogP contribution in [0.2, 0.25) is 0 Å². The van der Waals surface area contributed by atoms with Crippen molar-refractivity contribution in [2.75, 3.05) is 0 Å². The Labute approximate surface area is 148 Å². The zero-order chi connectivity index (χ0) is 18.1. The molecule has 1 amide bonds. The molecule has 0 fully saturated rings. The second kappa shape index (κ2) is 9.62. The molecule has 0 aliphatic heterocycles. The van der Waals surface area contributed by atoms with Crippen molar-refractivity contribution in [1.29, 1.82) is 0 Å². The van der Waals surface area contributed by atoms with Crippen LogP contribution in [0.5, 0.6) is 0 Å². The zero-order valence-electron chi connectivity index (χ0n) is 14.6. The molecule has 0 aliphatic rings. The molecule has 2 N–H and O–H groups in total. The Kier molecular flexibility index (Phi) is 7.20. The van der Waals surface area contributed by atoms with Gasteiger partial charge in [0.15, 0.2) is 0 Å². The number of aliphatic carboxylic acids is 1. The number of carbonyl (C=O) groups is 2. The van der Waals surface area contributed by atoms with Gasteiger partial charge in [-0.1, -0.05) is 61.5 Å². The molecule has 0 aliphatic carbocycles. The molecule has 0 heterocycles. The molecule has 25 heavy (non-hydrogen) atoms. The van der Waals surface area contributed by atoms with Crippen LogP contribution in [0.3, 0.4) is 0 Å². The van der Waals surface area contributed by atoms with Crippen molar-refractivity contribution in [3.63, 3.8) is 0 Å². The van der Waals surface area contributed by atoms with Gasteiger partial charge in [0.25, 0.3) is 0 Å². The van der Waals surface area contributed by atoms with E-state index in [1.807, 2.05) is 54.6 Å². The molecule has 2 aromatic carbocycles. The molecular weight excluding hydrogens is 314 g/mol. The Morgan fingerprint density at radius 2 is 1.60 bits per heavy atom. The summed E-state index contributed by atoms with van der Waals surface area (Å²) >= 11 is 0. The fraction of sp³-hybridized carbons (Fsp3) is 0.333. The largest absolute Gasteiger partial charge is 0.481 e. The van der Waals surface area contributed by atoms with E-state index in [0.29, 0.717) is 19.3 Å². The van der Waals surface area contributed by atoms with Gasteiger partial charge in [0.05, 0.1) is 6.42 Å². The first kappa shape index (κ1) is 18.7. The normalized spacial score (nSPS) is 11.7. The molecule has 0 saturated carbocycles. The van der Waals surface area contributed by atoms with E-state index in [2.05, 4.69) is 12.2 Å². The summed E-state index contributed by atoms with van der Waals surface area (Å²) in [5, 5.41) is 11.9. The molecule has 1 unspecified atom stereocenters. The van der Waals surface area contributed by atoms with Crippen LogP contribution in [0.1, 0.15) is 36.5 Å². The summed E-state index contributed by atoms with van der Waals surface area (Å²) < 4.78 is 0. The van der Waals surface area contributed by atoms with Gasteiger partial charge >= 0.3 is 5.97 Å². The average Bonchev–Trinajstić information content (AvgIpc) is 2.61. The lowest BCUT2D eigenvalue weighted by Crippen LogP contribution is -2.37. The lowest BCUT2D eigenvalue weighted by molar-refractivity contribution is -0.137. The van der Waals surface area contributed by atoms with Gasteiger partial charge in [-0.3, -0.25) is 9.59 Å². The molecular formula is C21H25NO3. The van der Waals surface area contributed by atoms with Gasteiger partial charge in [0, 0.05) is 12.5 Å². The minimum Gasteiger partial charge on any atom is -0.481 e. The minimum absolute atomic E-state index is 0.0446. The van der Waals surface area contributed by atoms with Crippen LogP contribution < -0.4 is 5.32 Å². The van der Waals surface area contributed by atoms with Gasteiger partial charge in [0.2, 0.25) is 5.91 Å². The van der Waals surface area contributed by atoms with E-state index >= 15 is 0 Å². The Bertz CT molecular complexity index is 680. The summed E-state index contributed by atoms with van der Waals surface area (Å²) in [6.45, 7) is 2.10. The van der Waals surface area contributed by atoms with Crippen LogP contribution in [0.25, 0.3) is 0 Å². The fourth-order valence-corrected chi connectivity index (χ4v) is 2.78. The van der Waals surface area contributed by atoms with E-state index in [1.54, 1.807) is 0 Å². The molecule has 0 saturated heterocycles. The molecule has 1 atom stereocenters. The van der Waals surface area contributed by atoms with Crippen molar-refractivity contribution < 1.29 is 14.7 Å². The molecule has 2 aromatic rings. The highest BCUT2D eigenvalue weighted by atomic mass is 16.4. The second-order valence-corrected chi connectivity index (χ2v) is 6.23. The maximum absolute atomic E-state index is 12.4. The van der Waals surface area contributed by atoms with Crippen LogP contribution in [0.4, 0.5) is 0 Å². The van der Waals surface area contributed by atoms with Crippen molar-refractivity contribution in [3.8, 4) is 0 Å². The summed E-state index contributed by atoms with van der Waals surface area (Å²) in [5.41, 5.74) is 3.30. The number of aryl methyl sites for hydroxylation is 1. The van der Waals surface area contributed by atoms with E-state index in [9.17, 15) is 9.59 Å². The highest BCUT2D eigenvalue weighted by Crippen LogP contribution is 2.10. The van der Waals surface area contributed by atoms with Crippen molar-refractivity contribution in [2.45, 2.75) is 45.1 Å². The number of amides is 1. The first-order valence-corrected chi connectivity index (χ1v) is 8.69. The molecule has 0 radical (unpaired) electrons. The van der Waals surface area contributed by atoms with E-state index in [0.717, 1.165) is 17.5 Å². The van der Waals surface area contributed by atoms with Crippen molar-refractivity contribution in [1.82, 2.24) is 5.32 Å². The predicted molar refractivity (Wildman–Crippen MR) is 98.5 cm³/mol. The van der Waals surface area contributed by atoms with Gasteiger partial charge in [-0.15, -0.1) is 0 Å². The van der Waals surface area contributed by atoms with Crippen LogP contribution >= 0.6 is 0 Å². The topological polar surface area (TPSA) is 66.4 Å². The number of hydrogen-bond acceptors (Lipinski definition) is 2. The molecule has 132 valence electrons. The third kappa shape index (κ3) is 6.79. The van der Waals surface area contributed by atoms with Gasteiger partial charge < -0.3 is 10.4 Å². The van der Waals surface area contributed by atoms with E-state index in [4.69, 9.17) is 5.11 Å². The monoisotopic (exact) mass is 339 g/mol. The lowest BCUT2D eigenvalue weighted by atomic mass is 10.0. The Morgan fingerprint density at radius 1 is 0.960 bits per heavy atom. The van der Waals surface area contributed by atoms with Crippen LogP contribution in [0, 0.1) is 0 Å². The van der Waals surface area contributed by atoms with E-state index in [1.165, 1.54) is 5.56 Å². The first-order chi connectivity index (χ1) is 12.1. The minimum atomic E-state index is -0.845. The maximum Gasteiger partial charge on any atom is 0.303 e.